The van der Waals surface area contributed by atoms with Crippen molar-refractivity contribution >= 4 is 23.2 Å². The normalized spacial score (nSPS) is 13.9. The maximum absolute atomic E-state index is 9.89. The first kappa shape index (κ1) is 16.0. The van der Waals surface area contributed by atoms with E-state index in [4.69, 9.17) is 23.2 Å². The molecule has 5 heteroatoms. The topological polar surface area (TPSA) is 52.5 Å². The van der Waals surface area contributed by atoms with Crippen LogP contribution >= 0.6 is 23.2 Å². The Kier molecular flexibility index (Phi) is 4.99. The lowest BCUT2D eigenvalue weighted by atomic mass is 10.0. The van der Waals surface area contributed by atoms with E-state index in [0.29, 0.717) is 15.6 Å². The van der Waals surface area contributed by atoms with E-state index in [-0.39, 0.29) is 23.6 Å². The summed E-state index contributed by atoms with van der Waals surface area (Å²) in [7, 11) is 0. The highest BCUT2D eigenvalue weighted by Crippen LogP contribution is 2.34. The third-order valence-electron chi connectivity index (χ3n) is 3.44. The molecule has 0 aliphatic rings. The van der Waals surface area contributed by atoms with Gasteiger partial charge in [-0.15, -0.1) is 0 Å². The van der Waals surface area contributed by atoms with E-state index in [1.54, 1.807) is 30.3 Å². The number of hydrogen-bond acceptors (Lipinski definition) is 3. The largest absolute Gasteiger partial charge is 0.507 e. The maximum atomic E-state index is 9.89. The van der Waals surface area contributed by atoms with Gasteiger partial charge in [0.15, 0.2) is 0 Å². The van der Waals surface area contributed by atoms with Crippen molar-refractivity contribution in [3.63, 3.8) is 0 Å². The van der Waals surface area contributed by atoms with Crippen molar-refractivity contribution < 1.29 is 10.2 Å². The molecule has 0 spiro atoms. The second-order valence-electron chi connectivity index (χ2n) is 4.99. The Hall–Kier alpha value is -1.42. The van der Waals surface area contributed by atoms with E-state index >= 15 is 0 Å². The molecule has 21 heavy (non-hydrogen) atoms. The van der Waals surface area contributed by atoms with Crippen LogP contribution < -0.4 is 5.32 Å². The molecular formula is C16H17Cl2NO2. The summed E-state index contributed by atoms with van der Waals surface area (Å²) < 4.78 is 0. The summed E-state index contributed by atoms with van der Waals surface area (Å²) in [5.74, 6) is 0.132. The summed E-state index contributed by atoms with van der Waals surface area (Å²) in [6.45, 7) is 3.86. The quantitative estimate of drug-likeness (QED) is 0.755. The summed E-state index contributed by atoms with van der Waals surface area (Å²) in [6, 6.07) is 9.91. The Balaban J connectivity index is 2.18. The zero-order chi connectivity index (χ0) is 15.6. The Morgan fingerprint density at radius 2 is 1.52 bits per heavy atom. The lowest BCUT2D eigenvalue weighted by Gasteiger charge is -2.22. The van der Waals surface area contributed by atoms with Gasteiger partial charge in [0, 0.05) is 12.1 Å². The Labute approximate surface area is 134 Å². The number of phenols is 2. The predicted octanol–water partition coefficient (Wildman–Crippen LogP) is 4.82. The number of halogens is 2. The van der Waals surface area contributed by atoms with Crippen LogP contribution in [0.5, 0.6) is 11.5 Å². The third kappa shape index (κ3) is 3.62. The van der Waals surface area contributed by atoms with Crippen LogP contribution in [-0.2, 0) is 0 Å². The number of rotatable bonds is 4. The summed E-state index contributed by atoms with van der Waals surface area (Å²) in [6.07, 6.45) is 0. The zero-order valence-corrected chi connectivity index (χ0v) is 13.3. The minimum absolute atomic E-state index is 0.0197. The van der Waals surface area contributed by atoms with Gasteiger partial charge in [-0.1, -0.05) is 35.3 Å². The molecule has 0 fully saturated rings. The van der Waals surface area contributed by atoms with Crippen molar-refractivity contribution in [1.82, 2.24) is 5.32 Å². The van der Waals surface area contributed by atoms with E-state index in [1.165, 1.54) is 0 Å². The molecule has 3 nitrogen and oxygen atoms in total. The molecule has 0 bridgehead atoms. The summed E-state index contributed by atoms with van der Waals surface area (Å²) >= 11 is 11.9. The van der Waals surface area contributed by atoms with Gasteiger partial charge in [0.2, 0.25) is 0 Å². The minimum atomic E-state index is -0.226. The fraction of sp³-hybridized carbons (Fsp3) is 0.250. The van der Waals surface area contributed by atoms with Gasteiger partial charge in [-0.3, -0.25) is 0 Å². The average Bonchev–Trinajstić information content (AvgIpc) is 2.41. The van der Waals surface area contributed by atoms with Crippen LogP contribution in [0.25, 0.3) is 0 Å². The van der Waals surface area contributed by atoms with E-state index in [2.05, 4.69) is 5.32 Å². The lowest BCUT2D eigenvalue weighted by molar-refractivity contribution is 0.407. The van der Waals surface area contributed by atoms with Crippen LogP contribution in [0.15, 0.2) is 36.4 Å². The molecule has 2 unspecified atom stereocenters. The molecule has 0 heterocycles. The monoisotopic (exact) mass is 325 g/mol. The maximum Gasteiger partial charge on any atom is 0.124 e. The van der Waals surface area contributed by atoms with Gasteiger partial charge in [0.1, 0.15) is 11.5 Å². The van der Waals surface area contributed by atoms with Crippen LogP contribution in [0.1, 0.15) is 37.1 Å². The number of nitrogens with one attached hydrogen (secondary N) is 1. The molecular weight excluding hydrogens is 309 g/mol. The Morgan fingerprint density at radius 3 is 2.10 bits per heavy atom. The minimum Gasteiger partial charge on any atom is -0.507 e. The summed E-state index contributed by atoms with van der Waals surface area (Å²) in [5, 5.41) is 24.1. The Bertz CT molecular complexity index is 626. The molecule has 0 aliphatic carbocycles. The van der Waals surface area contributed by atoms with Gasteiger partial charge in [-0.2, -0.15) is 0 Å². The van der Waals surface area contributed by atoms with Crippen molar-refractivity contribution in [2.75, 3.05) is 0 Å². The molecule has 2 aromatic rings. The second kappa shape index (κ2) is 6.56. The number of aromatic hydroxyl groups is 2. The molecule has 3 N–H and O–H groups in total. The number of benzene rings is 2. The summed E-state index contributed by atoms with van der Waals surface area (Å²) in [4.78, 5) is 0. The molecule has 112 valence electrons. The van der Waals surface area contributed by atoms with Crippen molar-refractivity contribution in [3.8, 4) is 11.5 Å². The fourth-order valence-electron chi connectivity index (χ4n) is 2.32. The average molecular weight is 326 g/mol. The second-order valence-corrected chi connectivity index (χ2v) is 5.81. The Morgan fingerprint density at radius 1 is 0.905 bits per heavy atom. The van der Waals surface area contributed by atoms with Gasteiger partial charge in [-0.05, 0) is 43.7 Å². The van der Waals surface area contributed by atoms with E-state index < -0.39 is 0 Å². The molecule has 0 radical (unpaired) electrons. The van der Waals surface area contributed by atoms with E-state index in [9.17, 15) is 10.2 Å². The molecule has 0 saturated heterocycles. The smallest absolute Gasteiger partial charge is 0.124 e. The lowest BCUT2D eigenvalue weighted by Crippen LogP contribution is -2.22. The highest BCUT2D eigenvalue weighted by Gasteiger charge is 2.18. The van der Waals surface area contributed by atoms with Crippen molar-refractivity contribution in [2.45, 2.75) is 25.9 Å². The summed E-state index contributed by atoms with van der Waals surface area (Å²) in [5.41, 5.74) is 1.45. The first-order valence-electron chi connectivity index (χ1n) is 6.62. The van der Waals surface area contributed by atoms with E-state index in [1.807, 2.05) is 19.9 Å². The van der Waals surface area contributed by atoms with Crippen molar-refractivity contribution in [2.24, 2.45) is 0 Å². The van der Waals surface area contributed by atoms with Crippen LogP contribution in [0, 0.1) is 0 Å². The zero-order valence-electron chi connectivity index (χ0n) is 11.8. The van der Waals surface area contributed by atoms with Crippen LogP contribution in [0.4, 0.5) is 0 Å². The van der Waals surface area contributed by atoms with E-state index in [0.717, 1.165) is 5.56 Å². The molecule has 2 aromatic carbocycles. The molecule has 0 amide bonds. The van der Waals surface area contributed by atoms with Crippen LogP contribution in [-0.4, -0.2) is 10.2 Å². The van der Waals surface area contributed by atoms with Gasteiger partial charge < -0.3 is 15.5 Å². The van der Waals surface area contributed by atoms with Crippen molar-refractivity contribution in [1.29, 1.82) is 0 Å². The van der Waals surface area contributed by atoms with Crippen molar-refractivity contribution in [3.05, 3.63) is 57.6 Å². The molecule has 2 rings (SSSR count). The molecule has 0 aromatic heterocycles. The SMILES string of the molecule is CC(NC(C)c1c(O)cccc1O)c1ccc(Cl)c(Cl)c1. The molecule has 0 aliphatic heterocycles. The number of phenolic OH excluding ortho intramolecular Hbond substituents is 2. The number of hydrogen-bond donors (Lipinski definition) is 3. The van der Waals surface area contributed by atoms with Gasteiger partial charge in [0.05, 0.1) is 15.6 Å². The fourth-order valence-corrected chi connectivity index (χ4v) is 2.63. The van der Waals surface area contributed by atoms with Gasteiger partial charge in [0.25, 0.3) is 0 Å². The highest BCUT2D eigenvalue weighted by molar-refractivity contribution is 6.42. The van der Waals surface area contributed by atoms with Crippen LogP contribution in [0.2, 0.25) is 10.0 Å². The third-order valence-corrected chi connectivity index (χ3v) is 4.18. The molecule has 2 atom stereocenters. The highest BCUT2D eigenvalue weighted by atomic mass is 35.5. The first-order chi connectivity index (χ1) is 9.90. The molecule has 0 saturated carbocycles. The van der Waals surface area contributed by atoms with Gasteiger partial charge in [-0.25, -0.2) is 0 Å². The standard InChI is InChI=1S/C16H17Cl2NO2/c1-9(11-6-7-12(17)13(18)8-11)19-10(2)16-14(20)4-3-5-15(16)21/h3-10,19-21H,1-2H3. The van der Waals surface area contributed by atoms with Gasteiger partial charge >= 0.3 is 0 Å². The first-order valence-corrected chi connectivity index (χ1v) is 7.37. The van der Waals surface area contributed by atoms with Crippen LogP contribution in [0.3, 0.4) is 0 Å². The predicted molar refractivity (Wildman–Crippen MR) is 86.2 cm³/mol.